The van der Waals surface area contributed by atoms with Crippen molar-refractivity contribution in [3.05, 3.63) is 0 Å². The van der Waals surface area contributed by atoms with E-state index in [1.54, 1.807) is 0 Å². The van der Waals surface area contributed by atoms with Gasteiger partial charge in [-0.1, -0.05) is 33.6 Å². The Morgan fingerprint density at radius 1 is 1.28 bits per heavy atom. The fraction of sp³-hybridized carbons (Fsp3) is 1.00. The number of likely N-dealkylation sites (N-methyl/N-ethyl adjacent to an activating group) is 1. The largest absolute Gasteiger partial charge is 0.329 e. The summed E-state index contributed by atoms with van der Waals surface area (Å²) in [6.07, 6.45) is 8.05. The smallest absolute Gasteiger partial charge is 0.0303 e. The summed E-state index contributed by atoms with van der Waals surface area (Å²) in [4.78, 5) is 2.61. The molecule has 0 spiro atoms. The fourth-order valence-corrected chi connectivity index (χ4v) is 3.29. The van der Waals surface area contributed by atoms with Gasteiger partial charge in [0.1, 0.15) is 0 Å². The monoisotopic (exact) mass is 254 g/mol. The molecule has 3 atom stereocenters. The van der Waals surface area contributed by atoms with Crippen molar-refractivity contribution in [2.45, 2.75) is 77.8 Å². The molecule has 108 valence electrons. The van der Waals surface area contributed by atoms with Crippen molar-refractivity contribution < 1.29 is 0 Å². The van der Waals surface area contributed by atoms with Crippen molar-refractivity contribution in [3.8, 4) is 0 Å². The summed E-state index contributed by atoms with van der Waals surface area (Å²) in [7, 11) is 2.31. The van der Waals surface area contributed by atoms with E-state index in [1.807, 2.05) is 0 Å². The lowest BCUT2D eigenvalue weighted by atomic mass is 9.81. The zero-order valence-electron chi connectivity index (χ0n) is 13.2. The van der Waals surface area contributed by atoms with Crippen molar-refractivity contribution in [2.24, 2.45) is 17.6 Å². The molecular weight excluding hydrogens is 220 g/mol. The maximum absolute atomic E-state index is 6.10. The first-order valence-electron chi connectivity index (χ1n) is 7.83. The molecule has 0 saturated heterocycles. The Morgan fingerprint density at radius 2 is 1.89 bits per heavy atom. The molecule has 1 aliphatic rings. The highest BCUT2D eigenvalue weighted by atomic mass is 15.2. The van der Waals surface area contributed by atoms with E-state index >= 15 is 0 Å². The second kappa shape index (κ2) is 6.91. The molecule has 2 nitrogen and oxygen atoms in total. The third-order valence-electron chi connectivity index (χ3n) is 5.12. The lowest BCUT2D eigenvalue weighted by Gasteiger charge is -2.47. The van der Waals surface area contributed by atoms with E-state index in [1.165, 1.54) is 38.5 Å². The van der Waals surface area contributed by atoms with Gasteiger partial charge >= 0.3 is 0 Å². The molecule has 0 aliphatic heterocycles. The number of nitrogens with two attached hydrogens (primary N) is 1. The van der Waals surface area contributed by atoms with Crippen LogP contribution in [0, 0.1) is 11.8 Å². The standard InChI is InChI=1S/C16H34N2/c1-13(2)10-11-16(4,12-17)18(5)15-9-7-6-8-14(15)3/h13-15H,6-12,17H2,1-5H3. The molecule has 18 heavy (non-hydrogen) atoms. The van der Waals surface area contributed by atoms with Crippen LogP contribution in [0.5, 0.6) is 0 Å². The van der Waals surface area contributed by atoms with E-state index in [-0.39, 0.29) is 5.54 Å². The first kappa shape index (κ1) is 16.0. The topological polar surface area (TPSA) is 29.3 Å². The summed E-state index contributed by atoms with van der Waals surface area (Å²) < 4.78 is 0. The number of hydrogen-bond acceptors (Lipinski definition) is 2. The second-order valence-corrected chi connectivity index (χ2v) is 7.07. The summed E-state index contributed by atoms with van der Waals surface area (Å²) in [5, 5.41) is 0. The van der Waals surface area contributed by atoms with Crippen molar-refractivity contribution in [1.29, 1.82) is 0 Å². The van der Waals surface area contributed by atoms with Crippen LogP contribution in [0.15, 0.2) is 0 Å². The maximum Gasteiger partial charge on any atom is 0.0303 e. The molecule has 1 saturated carbocycles. The lowest BCUT2D eigenvalue weighted by Crippen LogP contribution is -2.56. The molecule has 3 unspecified atom stereocenters. The molecule has 2 N–H and O–H groups in total. The van der Waals surface area contributed by atoms with Crippen LogP contribution in [-0.2, 0) is 0 Å². The van der Waals surface area contributed by atoms with E-state index in [2.05, 4.69) is 39.6 Å². The molecule has 2 heteroatoms. The van der Waals surface area contributed by atoms with Gasteiger partial charge in [-0.05, 0) is 51.5 Å². The van der Waals surface area contributed by atoms with Gasteiger partial charge in [0.2, 0.25) is 0 Å². The first-order chi connectivity index (χ1) is 8.40. The summed E-state index contributed by atoms with van der Waals surface area (Å²) in [5.41, 5.74) is 6.29. The van der Waals surface area contributed by atoms with Gasteiger partial charge in [-0.2, -0.15) is 0 Å². The zero-order chi connectivity index (χ0) is 13.8. The van der Waals surface area contributed by atoms with Gasteiger partial charge in [0.25, 0.3) is 0 Å². The van der Waals surface area contributed by atoms with Gasteiger partial charge in [-0.15, -0.1) is 0 Å². The average molecular weight is 254 g/mol. The Morgan fingerprint density at radius 3 is 2.39 bits per heavy atom. The predicted octanol–water partition coefficient (Wildman–Crippen LogP) is 3.65. The third kappa shape index (κ3) is 3.96. The van der Waals surface area contributed by atoms with Gasteiger partial charge in [0, 0.05) is 18.1 Å². The third-order valence-corrected chi connectivity index (χ3v) is 5.12. The minimum Gasteiger partial charge on any atom is -0.329 e. The molecular formula is C16H34N2. The van der Waals surface area contributed by atoms with Crippen LogP contribution in [0.2, 0.25) is 0 Å². The summed E-state index contributed by atoms with van der Waals surface area (Å²) in [5.74, 6) is 1.60. The molecule has 1 fully saturated rings. The van der Waals surface area contributed by atoms with Crippen LogP contribution in [0.25, 0.3) is 0 Å². The highest BCUT2D eigenvalue weighted by Gasteiger charge is 2.35. The Balaban J connectivity index is 2.66. The minimum atomic E-state index is 0.181. The summed E-state index contributed by atoms with van der Waals surface area (Å²) >= 11 is 0. The summed E-state index contributed by atoms with van der Waals surface area (Å²) in [6, 6.07) is 0.736. The van der Waals surface area contributed by atoms with Gasteiger partial charge in [0.15, 0.2) is 0 Å². The molecule has 0 aromatic rings. The van der Waals surface area contributed by atoms with E-state index in [0.717, 1.165) is 24.4 Å². The summed E-state index contributed by atoms with van der Waals surface area (Å²) in [6.45, 7) is 10.2. The lowest BCUT2D eigenvalue weighted by molar-refractivity contribution is 0.0337. The van der Waals surface area contributed by atoms with Gasteiger partial charge in [-0.3, -0.25) is 4.90 Å². The van der Waals surface area contributed by atoms with E-state index in [0.29, 0.717) is 0 Å². The van der Waals surface area contributed by atoms with Crippen LogP contribution in [0.4, 0.5) is 0 Å². The number of rotatable bonds is 6. The Hall–Kier alpha value is -0.0800. The van der Waals surface area contributed by atoms with Crippen LogP contribution < -0.4 is 5.73 Å². The zero-order valence-corrected chi connectivity index (χ0v) is 13.2. The molecule has 0 bridgehead atoms. The molecule has 0 radical (unpaired) electrons. The Kier molecular flexibility index (Phi) is 6.13. The number of hydrogen-bond donors (Lipinski definition) is 1. The van der Waals surface area contributed by atoms with Crippen molar-refractivity contribution in [2.75, 3.05) is 13.6 Å². The van der Waals surface area contributed by atoms with Crippen molar-refractivity contribution in [1.82, 2.24) is 4.90 Å². The van der Waals surface area contributed by atoms with Crippen LogP contribution in [0.1, 0.15) is 66.2 Å². The molecule has 0 amide bonds. The molecule has 0 aromatic carbocycles. The minimum absolute atomic E-state index is 0.181. The van der Waals surface area contributed by atoms with Crippen molar-refractivity contribution in [3.63, 3.8) is 0 Å². The van der Waals surface area contributed by atoms with E-state index in [9.17, 15) is 0 Å². The Bertz CT molecular complexity index is 239. The predicted molar refractivity (Wildman–Crippen MR) is 80.7 cm³/mol. The van der Waals surface area contributed by atoms with Crippen LogP contribution in [0.3, 0.4) is 0 Å². The maximum atomic E-state index is 6.10. The van der Waals surface area contributed by atoms with E-state index in [4.69, 9.17) is 5.73 Å². The Labute approximate surface area is 114 Å². The SMILES string of the molecule is CC(C)CCC(C)(CN)N(C)C1CCCCC1C. The number of nitrogens with zero attached hydrogens (tertiary/aromatic N) is 1. The van der Waals surface area contributed by atoms with Crippen molar-refractivity contribution >= 4 is 0 Å². The average Bonchev–Trinajstić information content (AvgIpc) is 2.35. The van der Waals surface area contributed by atoms with E-state index < -0.39 is 0 Å². The second-order valence-electron chi connectivity index (χ2n) is 7.07. The molecule has 0 heterocycles. The highest BCUT2D eigenvalue weighted by molar-refractivity contribution is 4.92. The van der Waals surface area contributed by atoms with Gasteiger partial charge < -0.3 is 5.73 Å². The molecule has 0 aromatic heterocycles. The molecule has 1 aliphatic carbocycles. The van der Waals surface area contributed by atoms with Crippen LogP contribution in [-0.4, -0.2) is 30.1 Å². The first-order valence-corrected chi connectivity index (χ1v) is 7.83. The fourth-order valence-electron chi connectivity index (χ4n) is 3.29. The highest BCUT2D eigenvalue weighted by Crippen LogP contribution is 2.33. The van der Waals surface area contributed by atoms with Gasteiger partial charge in [0.05, 0.1) is 0 Å². The quantitative estimate of drug-likeness (QED) is 0.784. The normalized spacial score (nSPS) is 28.7. The van der Waals surface area contributed by atoms with Gasteiger partial charge in [-0.25, -0.2) is 0 Å². The van der Waals surface area contributed by atoms with Crippen LogP contribution >= 0.6 is 0 Å². The molecule has 1 rings (SSSR count).